The molecule has 1 aromatic rings. The first-order valence-corrected chi connectivity index (χ1v) is 10.9. The number of thiazole rings is 1. The third-order valence-electron chi connectivity index (χ3n) is 4.31. The fourth-order valence-electron chi connectivity index (χ4n) is 3.19. The smallest absolute Gasteiger partial charge is 0.279 e. The van der Waals surface area contributed by atoms with Crippen molar-refractivity contribution in [2.24, 2.45) is 0 Å². The fraction of sp³-hybridized carbons (Fsp3) is 0.800. The molecular weight excluding hydrogens is 348 g/mol. The molecule has 2 aliphatic heterocycles. The minimum absolute atomic E-state index is 0.0770. The van der Waals surface area contributed by atoms with Gasteiger partial charge in [-0.15, -0.1) is 11.3 Å². The summed E-state index contributed by atoms with van der Waals surface area (Å²) in [6, 6.07) is 0. The van der Waals surface area contributed by atoms with E-state index in [0.29, 0.717) is 26.1 Å². The summed E-state index contributed by atoms with van der Waals surface area (Å²) in [7, 11) is -3.46. The van der Waals surface area contributed by atoms with Crippen LogP contribution in [-0.2, 0) is 21.4 Å². The lowest BCUT2D eigenvalue weighted by Crippen LogP contribution is -2.52. The number of morpholine rings is 1. The summed E-state index contributed by atoms with van der Waals surface area (Å²) in [6.45, 7) is 7.11. The number of nitrogens with one attached hydrogen (secondary N) is 1. The Morgan fingerprint density at radius 1 is 1.29 bits per heavy atom. The lowest BCUT2D eigenvalue weighted by Gasteiger charge is -2.34. The van der Waals surface area contributed by atoms with E-state index in [1.165, 1.54) is 17.1 Å². The summed E-state index contributed by atoms with van der Waals surface area (Å²) in [5, 5.41) is 3.09. The zero-order valence-electron chi connectivity index (χ0n) is 14.3. The number of hydrogen-bond donors (Lipinski definition) is 1. The molecule has 2 aliphatic rings. The third-order valence-corrected chi connectivity index (χ3v) is 6.80. The topological polar surface area (TPSA) is 74.8 Å². The maximum Gasteiger partial charge on any atom is 0.279 e. The summed E-state index contributed by atoms with van der Waals surface area (Å²) in [5.74, 6) is 0. The predicted octanol–water partition coefficient (Wildman–Crippen LogP) is 1.23. The average molecular weight is 375 g/mol. The zero-order valence-corrected chi connectivity index (χ0v) is 15.9. The molecule has 24 heavy (non-hydrogen) atoms. The Hall–Kier alpha value is -0.740. The molecule has 9 heteroatoms. The molecule has 0 bridgehead atoms. The standard InChI is InChI=1S/C15H26N4O3S2/c1-12-9-19(10-13(2)22-12)24(20,21)16-6-5-14-11-23-15(17-14)18-7-3-4-8-18/h11-13,16H,3-10H2,1-2H3. The molecule has 2 unspecified atom stereocenters. The van der Waals surface area contributed by atoms with Gasteiger partial charge in [0, 0.05) is 44.5 Å². The van der Waals surface area contributed by atoms with Gasteiger partial charge in [-0.25, -0.2) is 9.71 Å². The minimum Gasteiger partial charge on any atom is -0.373 e. The minimum atomic E-state index is -3.46. The molecule has 2 saturated heterocycles. The number of rotatable bonds is 6. The molecule has 7 nitrogen and oxygen atoms in total. The van der Waals surface area contributed by atoms with Crippen LogP contribution in [0.4, 0.5) is 5.13 Å². The van der Waals surface area contributed by atoms with E-state index in [9.17, 15) is 8.42 Å². The Balaban J connectivity index is 1.50. The second-order valence-corrected chi connectivity index (χ2v) is 9.13. The van der Waals surface area contributed by atoms with Gasteiger partial charge in [-0.2, -0.15) is 12.7 Å². The van der Waals surface area contributed by atoms with Crippen molar-refractivity contribution in [1.82, 2.24) is 14.0 Å². The highest BCUT2D eigenvalue weighted by atomic mass is 32.2. The van der Waals surface area contributed by atoms with Gasteiger partial charge in [0.1, 0.15) is 0 Å². The van der Waals surface area contributed by atoms with Gasteiger partial charge in [0.05, 0.1) is 17.9 Å². The Kier molecular flexibility index (Phi) is 5.76. The van der Waals surface area contributed by atoms with Crippen molar-refractivity contribution in [2.45, 2.75) is 45.3 Å². The Morgan fingerprint density at radius 3 is 2.62 bits per heavy atom. The first kappa shape index (κ1) is 18.1. The van der Waals surface area contributed by atoms with Crippen LogP contribution in [-0.4, -0.2) is 62.6 Å². The summed E-state index contributed by atoms with van der Waals surface area (Å²) < 4.78 is 34.6. The Morgan fingerprint density at radius 2 is 1.96 bits per heavy atom. The molecule has 1 aromatic heterocycles. The highest BCUT2D eigenvalue weighted by Crippen LogP contribution is 2.24. The molecular formula is C15H26N4O3S2. The van der Waals surface area contributed by atoms with E-state index in [4.69, 9.17) is 4.74 Å². The van der Waals surface area contributed by atoms with E-state index >= 15 is 0 Å². The van der Waals surface area contributed by atoms with Gasteiger partial charge in [-0.1, -0.05) is 0 Å². The van der Waals surface area contributed by atoms with Crippen LogP contribution in [0.1, 0.15) is 32.4 Å². The summed E-state index contributed by atoms with van der Waals surface area (Å²) in [4.78, 5) is 6.92. The molecule has 0 amide bonds. The van der Waals surface area contributed by atoms with Crippen molar-refractivity contribution in [3.8, 4) is 0 Å². The molecule has 136 valence electrons. The van der Waals surface area contributed by atoms with Crippen LogP contribution in [0, 0.1) is 0 Å². The number of aromatic nitrogens is 1. The molecule has 1 N–H and O–H groups in total. The van der Waals surface area contributed by atoms with Gasteiger partial charge < -0.3 is 9.64 Å². The molecule has 0 aliphatic carbocycles. The largest absolute Gasteiger partial charge is 0.373 e. The molecule has 0 aromatic carbocycles. The van der Waals surface area contributed by atoms with Gasteiger partial charge in [-0.3, -0.25) is 0 Å². The molecule has 0 radical (unpaired) electrons. The van der Waals surface area contributed by atoms with Crippen molar-refractivity contribution < 1.29 is 13.2 Å². The predicted molar refractivity (Wildman–Crippen MR) is 95.8 cm³/mol. The lowest BCUT2D eigenvalue weighted by atomic mass is 10.3. The van der Waals surface area contributed by atoms with Crippen LogP contribution < -0.4 is 9.62 Å². The third kappa shape index (κ3) is 4.45. The first-order valence-electron chi connectivity index (χ1n) is 8.53. The van der Waals surface area contributed by atoms with E-state index < -0.39 is 10.2 Å². The number of ether oxygens (including phenoxy) is 1. The highest BCUT2D eigenvalue weighted by Gasteiger charge is 2.30. The van der Waals surface area contributed by atoms with E-state index in [0.717, 1.165) is 23.9 Å². The van der Waals surface area contributed by atoms with Crippen molar-refractivity contribution in [2.75, 3.05) is 37.6 Å². The maximum atomic E-state index is 12.4. The first-order chi connectivity index (χ1) is 11.4. The van der Waals surface area contributed by atoms with Gasteiger partial charge in [0.2, 0.25) is 0 Å². The molecule has 3 heterocycles. The summed E-state index contributed by atoms with van der Waals surface area (Å²) in [5.41, 5.74) is 0.952. The maximum absolute atomic E-state index is 12.4. The van der Waals surface area contributed by atoms with Crippen LogP contribution in [0.25, 0.3) is 0 Å². The van der Waals surface area contributed by atoms with E-state index in [-0.39, 0.29) is 12.2 Å². The summed E-state index contributed by atoms with van der Waals surface area (Å²) >= 11 is 1.64. The van der Waals surface area contributed by atoms with Gasteiger partial charge in [-0.05, 0) is 26.7 Å². The zero-order chi connectivity index (χ0) is 17.2. The lowest BCUT2D eigenvalue weighted by molar-refractivity contribution is -0.0443. The van der Waals surface area contributed by atoms with Crippen LogP contribution in [0.5, 0.6) is 0 Å². The summed E-state index contributed by atoms with van der Waals surface area (Å²) in [6.07, 6.45) is 2.91. The molecule has 2 atom stereocenters. The normalized spacial score (nSPS) is 26.2. The molecule has 0 spiro atoms. The van der Waals surface area contributed by atoms with Crippen molar-refractivity contribution >= 4 is 26.7 Å². The number of hydrogen-bond acceptors (Lipinski definition) is 6. The van der Waals surface area contributed by atoms with E-state index in [2.05, 4.69) is 14.6 Å². The monoisotopic (exact) mass is 374 g/mol. The molecule has 0 saturated carbocycles. The number of nitrogens with zero attached hydrogens (tertiary/aromatic N) is 3. The van der Waals surface area contributed by atoms with Crippen molar-refractivity contribution in [1.29, 1.82) is 0 Å². The second-order valence-electron chi connectivity index (χ2n) is 6.54. The van der Waals surface area contributed by atoms with Crippen LogP contribution >= 0.6 is 11.3 Å². The average Bonchev–Trinajstić information content (AvgIpc) is 3.17. The van der Waals surface area contributed by atoms with Gasteiger partial charge in [0.25, 0.3) is 10.2 Å². The fourth-order valence-corrected chi connectivity index (χ4v) is 5.46. The van der Waals surface area contributed by atoms with Crippen molar-refractivity contribution in [3.05, 3.63) is 11.1 Å². The van der Waals surface area contributed by atoms with E-state index in [1.807, 2.05) is 19.2 Å². The SMILES string of the molecule is CC1CN(S(=O)(=O)NCCc2csc(N3CCCC3)n2)CC(C)O1. The molecule has 2 fully saturated rings. The van der Waals surface area contributed by atoms with Crippen LogP contribution in [0.3, 0.4) is 0 Å². The van der Waals surface area contributed by atoms with Crippen LogP contribution in [0.2, 0.25) is 0 Å². The highest BCUT2D eigenvalue weighted by molar-refractivity contribution is 7.87. The second kappa shape index (κ2) is 7.65. The quantitative estimate of drug-likeness (QED) is 0.811. The van der Waals surface area contributed by atoms with E-state index in [1.54, 1.807) is 11.3 Å². The Labute approximate surface area is 148 Å². The van der Waals surface area contributed by atoms with Crippen LogP contribution in [0.15, 0.2) is 5.38 Å². The Bertz CT molecular complexity index is 633. The number of anilines is 1. The van der Waals surface area contributed by atoms with Crippen molar-refractivity contribution in [3.63, 3.8) is 0 Å². The molecule has 3 rings (SSSR count). The van der Waals surface area contributed by atoms with Gasteiger partial charge >= 0.3 is 0 Å². The van der Waals surface area contributed by atoms with Gasteiger partial charge in [0.15, 0.2) is 5.13 Å².